The third-order valence-electron chi connectivity index (χ3n) is 5.25. The Kier molecular flexibility index (Phi) is 14.1. The first-order valence-electron chi connectivity index (χ1n) is 12.6. The van der Waals surface area contributed by atoms with Gasteiger partial charge in [-0.2, -0.15) is 0 Å². The molecule has 0 aliphatic heterocycles. The highest BCUT2D eigenvalue weighted by Gasteiger charge is 2.24. The lowest BCUT2D eigenvalue weighted by molar-refractivity contribution is -0.141. The summed E-state index contributed by atoms with van der Waals surface area (Å²) in [5, 5.41) is 3.73. The van der Waals surface area contributed by atoms with Crippen molar-refractivity contribution in [1.29, 1.82) is 0 Å². The Bertz CT molecular complexity index is 1150. The number of carbonyl (C=O) groups is 3. The predicted molar refractivity (Wildman–Crippen MR) is 147 cm³/mol. The minimum Gasteiger partial charge on any atom is -0.465 e. The number of benzene rings is 2. The first-order chi connectivity index (χ1) is 19.2. The van der Waals surface area contributed by atoms with Crippen LogP contribution in [0, 0.1) is 0 Å². The Balaban J connectivity index is 1.95. The van der Waals surface area contributed by atoms with Crippen molar-refractivity contribution < 1.29 is 37.0 Å². The number of nitrogens with two attached hydrogens (primary N) is 1. The number of ether oxygens (including phenoxy) is 3. The van der Waals surface area contributed by atoms with Crippen LogP contribution in [0.25, 0.3) is 0 Å². The minimum atomic E-state index is -3.90. The monoisotopic (exact) mass is 577 g/mol. The lowest BCUT2D eigenvalue weighted by atomic mass is 10.2. The van der Waals surface area contributed by atoms with Gasteiger partial charge in [-0.15, -0.1) is 0 Å². The molecule has 0 saturated carbocycles. The number of hydrogen-bond donors (Lipinski definition) is 4. The number of sulfonamides is 1. The van der Waals surface area contributed by atoms with Crippen LogP contribution in [0.15, 0.2) is 65.7 Å². The highest BCUT2D eigenvalue weighted by atomic mass is 32.2. The molecule has 13 nitrogen and oxygen atoms in total. The largest absolute Gasteiger partial charge is 0.465 e. The van der Waals surface area contributed by atoms with E-state index in [0.29, 0.717) is 0 Å². The van der Waals surface area contributed by atoms with Crippen molar-refractivity contribution in [1.82, 2.24) is 15.4 Å². The number of hydrogen-bond acceptors (Lipinski definition) is 10. The molecule has 1 unspecified atom stereocenters. The average molecular weight is 578 g/mol. The molecule has 0 aliphatic carbocycles. The van der Waals surface area contributed by atoms with Gasteiger partial charge in [0.15, 0.2) is 0 Å². The van der Waals surface area contributed by atoms with Gasteiger partial charge < -0.3 is 19.9 Å². The molecule has 0 aromatic heterocycles. The molecule has 14 heteroatoms. The van der Waals surface area contributed by atoms with Gasteiger partial charge in [0, 0.05) is 13.1 Å². The topological polar surface area (TPSA) is 188 Å². The first kappa shape index (κ1) is 32.2. The molecule has 1 atom stereocenters. The molecular formula is C26H35N5O8S. The molecule has 0 spiro atoms. The molecule has 2 rings (SSSR count). The van der Waals surface area contributed by atoms with Gasteiger partial charge in [-0.25, -0.2) is 22.7 Å². The third kappa shape index (κ3) is 12.7. The van der Waals surface area contributed by atoms with Crippen LogP contribution in [0.5, 0.6) is 0 Å². The number of nitrogens with one attached hydrogen (secondary N) is 3. The van der Waals surface area contributed by atoms with Crippen LogP contribution in [0.4, 0.5) is 9.59 Å². The summed E-state index contributed by atoms with van der Waals surface area (Å²) in [5.74, 6) is -0.935. The molecule has 2 amide bonds. The zero-order chi connectivity index (χ0) is 29.2. The second kappa shape index (κ2) is 17.6. The molecule has 0 heterocycles. The van der Waals surface area contributed by atoms with E-state index in [1.807, 2.05) is 12.1 Å². The molecule has 218 valence electrons. The number of nitrogens with zero attached hydrogens (tertiary/aromatic N) is 1. The van der Waals surface area contributed by atoms with E-state index in [0.717, 1.165) is 11.1 Å². The second-order valence-electron chi connectivity index (χ2n) is 8.27. The fourth-order valence-electron chi connectivity index (χ4n) is 3.22. The number of carbonyl (C=O) groups excluding carboxylic acids is 3. The third-order valence-corrected chi connectivity index (χ3v) is 7.10. The Hall–Kier alpha value is -4.01. The maximum atomic E-state index is 12.5. The molecule has 0 aliphatic rings. The predicted octanol–water partition coefficient (Wildman–Crippen LogP) is 1.79. The molecule has 2 aromatic rings. The summed E-state index contributed by atoms with van der Waals surface area (Å²) >= 11 is 0. The zero-order valence-corrected chi connectivity index (χ0v) is 23.0. The maximum absolute atomic E-state index is 12.5. The van der Waals surface area contributed by atoms with Crippen molar-refractivity contribution in [3.8, 4) is 0 Å². The Labute approximate surface area is 233 Å². The zero-order valence-electron chi connectivity index (χ0n) is 22.2. The Morgan fingerprint density at radius 3 is 1.88 bits per heavy atom. The molecule has 2 aromatic carbocycles. The molecule has 5 N–H and O–H groups in total. The lowest BCUT2D eigenvalue weighted by Gasteiger charge is -2.16. The van der Waals surface area contributed by atoms with E-state index >= 15 is 0 Å². The SMILES string of the molecule is CCOC(=O)CNS(=O)(=O)C(CN)CCCN=C(NC(=O)OCc1ccccc1)NC(=O)OCc1ccccc1. The van der Waals surface area contributed by atoms with E-state index in [9.17, 15) is 22.8 Å². The highest BCUT2D eigenvalue weighted by Crippen LogP contribution is 2.07. The van der Waals surface area contributed by atoms with Gasteiger partial charge in [0.2, 0.25) is 16.0 Å². The normalized spacial score (nSPS) is 11.6. The molecule has 40 heavy (non-hydrogen) atoms. The van der Waals surface area contributed by atoms with Gasteiger partial charge in [0.1, 0.15) is 19.8 Å². The van der Waals surface area contributed by atoms with E-state index in [1.54, 1.807) is 55.5 Å². The lowest BCUT2D eigenvalue weighted by Crippen LogP contribution is -2.44. The van der Waals surface area contributed by atoms with Gasteiger partial charge >= 0.3 is 18.2 Å². The maximum Gasteiger partial charge on any atom is 0.414 e. The molecule has 0 saturated heterocycles. The molecule has 0 fully saturated rings. The second-order valence-corrected chi connectivity index (χ2v) is 10.3. The van der Waals surface area contributed by atoms with Crippen molar-refractivity contribution in [2.45, 2.75) is 38.2 Å². The number of aliphatic imine (C=N–C) groups is 1. The van der Waals surface area contributed by atoms with Gasteiger partial charge in [-0.3, -0.25) is 20.4 Å². The standard InChI is InChI=1S/C26H35N5O8S/c1-2-37-23(32)17-29-40(35,36)22(16-27)14-9-15-28-24(30-25(33)38-18-20-10-5-3-6-11-20)31-26(34)39-19-21-12-7-4-8-13-21/h3-8,10-13,22,29H,2,9,14-19,27H2,1H3,(H2,28,30,31,33,34). The van der Waals surface area contributed by atoms with E-state index in [1.165, 1.54) is 0 Å². The summed E-state index contributed by atoms with van der Waals surface area (Å²) in [4.78, 5) is 40.3. The number of rotatable bonds is 14. The Morgan fingerprint density at radius 2 is 1.40 bits per heavy atom. The van der Waals surface area contributed by atoms with Crippen LogP contribution in [-0.4, -0.2) is 64.0 Å². The van der Waals surface area contributed by atoms with E-state index < -0.39 is 40.0 Å². The van der Waals surface area contributed by atoms with E-state index in [4.69, 9.17) is 19.9 Å². The van der Waals surface area contributed by atoms with Crippen molar-refractivity contribution in [2.75, 3.05) is 26.2 Å². The van der Waals surface area contributed by atoms with Crippen molar-refractivity contribution >= 4 is 34.1 Å². The summed E-state index contributed by atoms with van der Waals surface area (Å²) in [5.41, 5.74) is 7.16. The highest BCUT2D eigenvalue weighted by molar-refractivity contribution is 7.90. The van der Waals surface area contributed by atoms with Crippen LogP contribution in [0.3, 0.4) is 0 Å². The minimum absolute atomic E-state index is 0.00670. The van der Waals surface area contributed by atoms with Gasteiger partial charge in [0.05, 0.1) is 11.9 Å². The molecule has 0 bridgehead atoms. The number of amides is 2. The van der Waals surface area contributed by atoms with Crippen LogP contribution in [0.2, 0.25) is 0 Å². The average Bonchev–Trinajstić information content (AvgIpc) is 2.95. The number of esters is 1. The van der Waals surface area contributed by atoms with Gasteiger partial charge in [-0.05, 0) is 30.9 Å². The van der Waals surface area contributed by atoms with Crippen molar-refractivity contribution in [3.63, 3.8) is 0 Å². The van der Waals surface area contributed by atoms with Crippen LogP contribution < -0.4 is 21.1 Å². The van der Waals surface area contributed by atoms with E-state index in [-0.39, 0.29) is 51.7 Å². The fraction of sp³-hybridized carbons (Fsp3) is 0.385. The summed E-state index contributed by atoms with van der Waals surface area (Å²) in [6.45, 7) is 1.06. The number of guanidine groups is 1. The first-order valence-corrected chi connectivity index (χ1v) is 14.1. The van der Waals surface area contributed by atoms with Gasteiger partial charge in [0.25, 0.3) is 0 Å². The summed E-state index contributed by atoms with van der Waals surface area (Å²) in [6, 6.07) is 18.0. The van der Waals surface area contributed by atoms with E-state index in [2.05, 4.69) is 20.3 Å². The van der Waals surface area contributed by atoms with Crippen molar-refractivity contribution in [2.24, 2.45) is 10.7 Å². The summed E-state index contributed by atoms with van der Waals surface area (Å²) < 4.78 is 42.2. The van der Waals surface area contributed by atoms with Crippen LogP contribution in [-0.2, 0) is 42.2 Å². The van der Waals surface area contributed by atoms with Crippen LogP contribution in [0.1, 0.15) is 30.9 Å². The number of alkyl carbamates (subject to hydrolysis) is 2. The smallest absolute Gasteiger partial charge is 0.414 e. The fourth-order valence-corrected chi connectivity index (χ4v) is 4.51. The van der Waals surface area contributed by atoms with Crippen LogP contribution >= 0.6 is 0 Å². The summed E-state index contributed by atoms with van der Waals surface area (Å²) in [7, 11) is -3.90. The summed E-state index contributed by atoms with van der Waals surface area (Å²) in [6.07, 6.45) is -1.40. The van der Waals surface area contributed by atoms with Crippen molar-refractivity contribution in [3.05, 3.63) is 71.8 Å². The Morgan fingerprint density at radius 1 is 0.875 bits per heavy atom. The quantitative estimate of drug-likeness (QED) is 0.0853. The molecular weight excluding hydrogens is 542 g/mol. The molecule has 0 radical (unpaired) electrons. The van der Waals surface area contributed by atoms with Gasteiger partial charge in [-0.1, -0.05) is 60.7 Å².